The molecule has 0 aliphatic heterocycles. The summed E-state index contributed by atoms with van der Waals surface area (Å²) < 4.78 is 0. The van der Waals surface area contributed by atoms with Gasteiger partial charge >= 0.3 is 6.03 Å². The number of carbonyl (C=O) groups excluding carboxylic acids is 1. The lowest BCUT2D eigenvalue weighted by molar-refractivity contribution is -0.0182. The van der Waals surface area contributed by atoms with Crippen LogP contribution in [0, 0.1) is 0 Å². The van der Waals surface area contributed by atoms with Crippen LogP contribution in [0.15, 0.2) is 12.7 Å². The van der Waals surface area contributed by atoms with Crippen molar-refractivity contribution < 1.29 is 10.0 Å². The van der Waals surface area contributed by atoms with Gasteiger partial charge in [0.25, 0.3) is 0 Å². The number of hydroxylamine groups is 2. The van der Waals surface area contributed by atoms with Crippen LogP contribution in [-0.2, 0) is 0 Å². The second kappa shape index (κ2) is 10.5. The van der Waals surface area contributed by atoms with Gasteiger partial charge in [0, 0.05) is 13.6 Å². The number of nitrogens with one attached hydrogen (secondary N) is 1. The highest BCUT2D eigenvalue weighted by atomic mass is 16.5. The van der Waals surface area contributed by atoms with E-state index >= 15 is 0 Å². The number of urea groups is 1. The molecule has 0 rings (SSSR count). The quantitative estimate of drug-likeness (QED) is 0.276. The Balaban J connectivity index is 3.09. The first kappa shape index (κ1) is 15.0. The zero-order valence-electron chi connectivity index (χ0n) is 10.2. The summed E-state index contributed by atoms with van der Waals surface area (Å²) in [6, 6.07) is -0.439. The Hall–Kier alpha value is -1.03. The lowest BCUT2D eigenvalue weighted by Crippen LogP contribution is -2.35. The average molecular weight is 228 g/mol. The first-order valence-corrected chi connectivity index (χ1v) is 5.99. The Bertz CT molecular complexity index is 193. The molecule has 0 radical (unpaired) electrons. The zero-order chi connectivity index (χ0) is 12.2. The smallest absolute Gasteiger partial charge is 0.336 e. The lowest BCUT2D eigenvalue weighted by Gasteiger charge is -2.09. The topological polar surface area (TPSA) is 52.6 Å². The molecule has 0 aliphatic rings. The van der Waals surface area contributed by atoms with Crippen LogP contribution in [0.25, 0.3) is 0 Å². The van der Waals surface area contributed by atoms with Crippen LogP contribution < -0.4 is 5.32 Å². The van der Waals surface area contributed by atoms with Crippen LogP contribution in [0.3, 0.4) is 0 Å². The summed E-state index contributed by atoms with van der Waals surface area (Å²) in [4.78, 5) is 10.9. The van der Waals surface area contributed by atoms with Gasteiger partial charge in [-0.15, -0.1) is 6.58 Å². The van der Waals surface area contributed by atoms with E-state index in [2.05, 4.69) is 11.9 Å². The minimum absolute atomic E-state index is 0.439. The van der Waals surface area contributed by atoms with E-state index in [9.17, 15) is 4.79 Å². The van der Waals surface area contributed by atoms with Gasteiger partial charge in [-0.25, -0.2) is 9.86 Å². The molecule has 0 aromatic carbocycles. The van der Waals surface area contributed by atoms with Crippen molar-refractivity contribution in [2.75, 3.05) is 13.6 Å². The Morgan fingerprint density at radius 1 is 1.25 bits per heavy atom. The van der Waals surface area contributed by atoms with E-state index in [4.69, 9.17) is 5.21 Å². The van der Waals surface area contributed by atoms with Crippen molar-refractivity contribution in [3.05, 3.63) is 12.7 Å². The molecule has 0 atom stereocenters. The van der Waals surface area contributed by atoms with Crippen molar-refractivity contribution in [1.82, 2.24) is 10.4 Å². The van der Waals surface area contributed by atoms with Gasteiger partial charge in [-0.05, 0) is 19.3 Å². The van der Waals surface area contributed by atoms with E-state index in [0.717, 1.165) is 19.3 Å². The second-order valence-electron chi connectivity index (χ2n) is 3.95. The Morgan fingerprint density at radius 2 is 1.81 bits per heavy atom. The van der Waals surface area contributed by atoms with Gasteiger partial charge < -0.3 is 5.32 Å². The molecule has 0 aromatic rings. The van der Waals surface area contributed by atoms with E-state index in [1.807, 2.05) is 6.08 Å². The van der Waals surface area contributed by atoms with Crippen LogP contribution >= 0.6 is 0 Å². The Morgan fingerprint density at radius 3 is 2.38 bits per heavy atom. The first-order chi connectivity index (χ1) is 7.68. The van der Waals surface area contributed by atoms with Gasteiger partial charge in [-0.1, -0.05) is 31.8 Å². The molecular weight excluding hydrogens is 204 g/mol. The zero-order valence-corrected chi connectivity index (χ0v) is 10.2. The van der Waals surface area contributed by atoms with Crippen molar-refractivity contribution in [3.63, 3.8) is 0 Å². The van der Waals surface area contributed by atoms with E-state index in [1.54, 1.807) is 0 Å². The largest absolute Gasteiger partial charge is 0.340 e. The molecule has 0 spiro atoms. The van der Waals surface area contributed by atoms with E-state index < -0.39 is 6.03 Å². The van der Waals surface area contributed by atoms with E-state index in [0.29, 0.717) is 11.6 Å². The summed E-state index contributed by atoms with van der Waals surface area (Å²) in [5, 5.41) is 11.9. The summed E-state index contributed by atoms with van der Waals surface area (Å²) in [5.74, 6) is 0. The highest BCUT2D eigenvalue weighted by molar-refractivity contribution is 5.72. The van der Waals surface area contributed by atoms with Gasteiger partial charge in [-0.2, -0.15) is 0 Å². The fourth-order valence-corrected chi connectivity index (χ4v) is 1.43. The number of hydrogen-bond donors (Lipinski definition) is 2. The predicted octanol–water partition coefficient (Wildman–Crippen LogP) is 2.93. The fraction of sp³-hybridized carbons (Fsp3) is 0.750. The first-order valence-electron chi connectivity index (χ1n) is 5.99. The number of nitrogens with zero attached hydrogens (tertiary/aromatic N) is 1. The Kier molecular flexibility index (Phi) is 9.81. The van der Waals surface area contributed by atoms with Crippen LogP contribution in [0.5, 0.6) is 0 Å². The van der Waals surface area contributed by atoms with Crippen molar-refractivity contribution >= 4 is 6.03 Å². The number of allylic oxidation sites excluding steroid dienone is 1. The molecule has 0 aliphatic carbocycles. The molecule has 94 valence electrons. The SMILES string of the molecule is C=CCCCCCCCCNC(=O)N(C)O. The molecule has 4 heteroatoms. The maximum atomic E-state index is 10.9. The molecular formula is C12H24N2O2. The highest BCUT2D eigenvalue weighted by Gasteiger charge is 2.02. The average Bonchev–Trinajstić information content (AvgIpc) is 2.26. The monoisotopic (exact) mass is 228 g/mol. The van der Waals surface area contributed by atoms with E-state index in [1.165, 1.54) is 32.7 Å². The van der Waals surface area contributed by atoms with Gasteiger partial charge in [-0.3, -0.25) is 5.21 Å². The predicted molar refractivity (Wildman–Crippen MR) is 65.5 cm³/mol. The minimum atomic E-state index is -0.439. The number of rotatable bonds is 9. The molecule has 2 N–H and O–H groups in total. The van der Waals surface area contributed by atoms with Crippen LogP contribution in [0.1, 0.15) is 44.9 Å². The van der Waals surface area contributed by atoms with Crippen molar-refractivity contribution in [1.29, 1.82) is 0 Å². The third-order valence-corrected chi connectivity index (χ3v) is 2.41. The van der Waals surface area contributed by atoms with Gasteiger partial charge in [0.1, 0.15) is 0 Å². The van der Waals surface area contributed by atoms with Crippen LogP contribution in [-0.4, -0.2) is 29.9 Å². The molecule has 0 saturated heterocycles. The van der Waals surface area contributed by atoms with Gasteiger partial charge in [0.2, 0.25) is 0 Å². The molecule has 0 unspecified atom stereocenters. The molecule has 2 amide bonds. The van der Waals surface area contributed by atoms with Gasteiger partial charge in [0.15, 0.2) is 0 Å². The van der Waals surface area contributed by atoms with Crippen molar-refractivity contribution in [2.24, 2.45) is 0 Å². The maximum Gasteiger partial charge on any atom is 0.340 e. The summed E-state index contributed by atoms with van der Waals surface area (Å²) in [6.07, 6.45) is 10.1. The summed E-state index contributed by atoms with van der Waals surface area (Å²) in [7, 11) is 1.31. The van der Waals surface area contributed by atoms with Crippen LogP contribution in [0.4, 0.5) is 4.79 Å². The molecule has 0 aromatic heterocycles. The lowest BCUT2D eigenvalue weighted by atomic mass is 10.1. The second-order valence-corrected chi connectivity index (χ2v) is 3.95. The van der Waals surface area contributed by atoms with Gasteiger partial charge in [0.05, 0.1) is 0 Å². The number of hydrogen-bond acceptors (Lipinski definition) is 2. The molecule has 16 heavy (non-hydrogen) atoms. The number of amides is 2. The Labute approximate surface area is 98.3 Å². The summed E-state index contributed by atoms with van der Waals surface area (Å²) in [6.45, 7) is 4.32. The molecule has 0 fully saturated rings. The number of carbonyl (C=O) groups is 1. The summed E-state index contributed by atoms with van der Waals surface area (Å²) >= 11 is 0. The molecule has 0 saturated carbocycles. The maximum absolute atomic E-state index is 10.9. The van der Waals surface area contributed by atoms with Crippen LogP contribution in [0.2, 0.25) is 0 Å². The van der Waals surface area contributed by atoms with Crippen molar-refractivity contribution in [2.45, 2.75) is 44.9 Å². The third-order valence-electron chi connectivity index (χ3n) is 2.41. The minimum Gasteiger partial charge on any atom is -0.336 e. The molecule has 0 heterocycles. The molecule has 4 nitrogen and oxygen atoms in total. The standard InChI is InChI=1S/C12H24N2O2/c1-3-4-5-6-7-8-9-10-11-13-12(15)14(2)16/h3,16H,1,4-11H2,2H3,(H,13,15). The fourth-order valence-electron chi connectivity index (χ4n) is 1.43. The summed E-state index contributed by atoms with van der Waals surface area (Å²) in [5.41, 5.74) is 0. The van der Waals surface area contributed by atoms with E-state index in [-0.39, 0.29) is 0 Å². The molecule has 0 bridgehead atoms. The highest BCUT2D eigenvalue weighted by Crippen LogP contribution is 2.06. The normalized spacial score (nSPS) is 9.88. The third kappa shape index (κ3) is 9.52. The van der Waals surface area contributed by atoms with Crippen molar-refractivity contribution in [3.8, 4) is 0 Å². The number of unbranched alkanes of at least 4 members (excludes halogenated alkanes) is 6.